The van der Waals surface area contributed by atoms with E-state index in [1.807, 2.05) is 0 Å². The number of hydrogen-bond acceptors (Lipinski definition) is 4. The summed E-state index contributed by atoms with van der Waals surface area (Å²) in [4.78, 5) is 35.4. The van der Waals surface area contributed by atoms with Crippen molar-refractivity contribution < 1.29 is 14.4 Å². The van der Waals surface area contributed by atoms with Gasteiger partial charge in [0, 0.05) is 5.69 Å². The molecule has 0 aliphatic carbocycles. The van der Waals surface area contributed by atoms with Crippen molar-refractivity contribution in [2.45, 2.75) is 0 Å². The molecule has 0 aromatic heterocycles. The highest BCUT2D eigenvalue weighted by molar-refractivity contribution is 6.36. The van der Waals surface area contributed by atoms with E-state index < -0.39 is 23.6 Å². The molecule has 6 heteroatoms. The molecule has 0 unspecified atom stereocenters. The third kappa shape index (κ3) is 1.29. The summed E-state index contributed by atoms with van der Waals surface area (Å²) in [6.45, 7) is 0. The average Bonchev–Trinajstić information content (AvgIpc) is 2.52. The molecule has 0 radical (unpaired) electrons. The van der Waals surface area contributed by atoms with Gasteiger partial charge in [-0.15, -0.1) is 11.6 Å². The van der Waals surface area contributed by atoms with Crippen LogP contribution in [0.4, 0.5) is 5.69 Å². The number of carbonyl (C=O) groups excluding carboxylic acids is 3. The lowest BCUT2D eigenvalue weighted by atomic mass is 10.1. The van der Waals surface area contributed by atoms with E-state index >= 15 is 0 Å². The number of alkyl halides is 1. The molecule has 0 spiro atoms. The van der Waals surface area contributed by atoms with Crippen LogP contribution in [0.5, 0.6) is 0 Å². The first-order chi connectivity index (χ1) is 7.57. The van der Waals surface area contributed by atoms with Crippen molar-refractivity contribution in [2.24, 2.45) is 0 Å². The Balaban J connectivity index is 2.57. The predicted molar refractivity (Wildman–Crippen MR) is 57.1 cm³/mol. The molecule has 1 heterocycles. The van der Waals surface area contributed by atoms with Crippen molar-refractivity contribution >= 4 is 35.0 Å². The number of nitrogens with two attached hydrogens (primary N) is 1. The number of imide groups is 3. The molecule has 0 atom stereocenters. The van der Waals surface area contributed by atoms with Crippen LogP contribution in [0.2, 0.25) is 0 Å². The van der Waals surface area contributed by atoms with E-state index in [4.69, 9.17) is 17.3 Å². The van der Waals surface area contributed by atoms with Crippen LogP contribution in [-0.2, 0) is 4.79 Å². The van der Waals surface area contributed by atoms with Crippen LogP contribution in [0.1, 0.15) is 20.7 Å². The van der Waals surface area contributed by atoms with Crippen molar-refractivity contribution in [3.05, 3.63) is 29.3 Å². The number of halogens is 1. The Hall–Kier alpha value is -1.88. The highest BCUT2D eigenvalue weighted by Crippen LogP contribution is 2.27. The minimum Gasteiger partial charge on any atom is -0.398 e. The largest absolute Gasteiger partial charge is 0.398 e. The number of anilines is 1. The van der Waals surface area contributed by atoms with Crippen molar-refractivity contribution in [1.82, 2.24) is 4.90 Å². The van der Waals surface area contributed by atoms with Crippen LogP contribution in [0.25, 0.3) is 0 Å². The second kappa shape index (κ2) is 3.61. The first-order valence-corrected chi connectivity index (χ1v) is 4.97. The number of nitrogen functional groups attached to an aromatic ring is 1. The summed E-state index contributed by atoms with van der Waals surface area (Å²) in [5, 5.41) is 0. The Morgan fingerprint density at radius 2 is 2.00 bits per heavy atom. The van der Waals surface area contributed by atoms with Gasteiger partial charge in [0.05, 0.1) is 11.1 Å². The second-order valence-corrected chi connectivity index (χ2v) is 3.51. The molecule has 0 saturated heterocycles. The summed E-state index contributed by atoms with van der Waals surface area (Å²) in [6.07, 6.45) is 0. The van der Waals surface area contributed by atoms with Crippen LogP contribution in [0, 0.1) is 0 Å². The lowest BCUT2D eigenvalue weighted by Crippen LogP contribution is -2.36. The fraction of sp³-hybridized carbons (Fsp3) is 0.100. The molecule has 1 aliphatic heterocycles. The third-order valence-corrected chi connectivity index (χ3v) is 2.54. The molecule has 1 aromatic carbocycles. The lowest BCUT2D eigenvalue weighted by molar-refractivity contribution is -0.123. The smallest absolute Gasteiger partial charge is 0.270 e. The quantitative estimate of drug-likeness (QED) is 0.442. The minimum atomic E-state index is -0.743. The fourth-order valence-electron chi connectivity index (χ4n) is 1.60. The SMILES string of the molecule is Nc1cccc2c1C(=O)N(C(=O)CCl)C2=O. The van der Waals surface area contributed by atoms with Gasteiger partial charge in [-0.2, -0.15) is 0 Å². The molecular formula is C10H7ClN2O3. The maximum Gasteiger partial charge on any atom is 0.270 e. The number of fused-ring (bicyclic) bond motifs is 1. The molecular weight excluding hydrogens is 232 g/mol. The lowest BCUT2D eigenvalue weighted by Gasteiger charge is -2.08. The Labute approximate surface area is 95.8 Å². The average molecular weight is 239 g/mol. The van der Waals surface area contributed by atoms with E-state index in [0.717, 1.165) is 0 Å². The van der Waals surface area contributed by atoms with Gasteiger partial charge < -0.3 is 5.73 Å². The van der Waals surface area contributed by atoms with Crippen molar-refractivity contribution in [1.29, 1.82) is 0 Å². The van der Waals surface area contributed by atoms with Gasteiger partial charge in [-0.05, 0) is 12.1 Å². The molecule has 82 valence electrons. The molecule has 5 nitrogen and oxygen atoms in total. The fourth-order valence-corrected chi connectivity index (χ4v) is 1.72. The molecule has 3 amide bonds. The van der Waals surface area contributed by atoms with Crippen LogP contribution in [-0.4, -0.2) is 28.5 Å². The first kappa shape index (κ1) is 10.6. The molecule has 2 rings (SSSR count). The number of amides is 3. The molecule has 0 fully saturated rings. The van der Waals surface area contributed by atoms with E-state index in [-0.39, 0.29) is 16.8 Å². The Morgan fingerprint density at radius 1 is 1.31 bits per heavy atom. The number of benzene rings is 1. The molecule has 1 aliphatic rings. The van der Waals surface area contributed by atoms with Gasteiger partial charge in [-0.1, -0.05) is 6.07 Å². The van der Waals surface area contributed by atoms with Gasteiger partial charge in [-0.25, -0.2) is 4.90 Å². The number of nitrogens with zero attached hydrogens (tertiary/aromatic N) is 1. The van der Waals surface area contributed by atoms with Crippen LogP contribution >= 0.6 is 11.6 Å². The standard InChI is InChI=1S/C10H7ClN2O3/c11-4-7(14)13-9(15)5-2-1-3-6(12)8(5)10(13)16/h1-3H,4,12H2. The second-order valence-electron chi connectivity index (χ2n) is 3.24. The van der Waals surface area contributed by atoms with Crippen LogP contribution in [0.15, 0.2) is 18.2 Å². The molecule has 0 saturated carbocycles. The van der Waals surface area contributed by atoms with Gasteiger partial charge in [0.25, 0.3) is 17.7 Å². The molecule has 1 aromatic rings. The normalized spacial score (nSPS) is 14.2. The van der Waals surface area contributed by atoms with Crippen molar-refractivity contribution in [3.8, 4) is 0 Å². The topological polar surface area (TPSA) is 80.5 Å². The molecule has 0 bridgehead atoms. The zero-order valence-corrected chi connectivity index (χ0v) is 8.82. The summed E-state index contributed by atoms with van der Waals surface area (Å²) in [7, 11) is 0. The summed E-state index contributed by atoms with van der Waals surface area (Å²) in [6, 6.07) is 4.50. The van der Waals surface area contributed by atoms with Gasteiger partial charge in [-0.3, -0.25) is 14.4 Å². The predicted octanol–water partition coefficient (Wildman–Crippen LogP) is 0.630. The summed E-state index contributed by atoms with van der Waals surface area (Å²) in [5.41, 5.74) is 5.98. The molecule has 2 N–H and O–H groups in total. The van der Waals surface area contributed by atoms with E-state index in [9.17, 15) is 14.4 Å². The van der Waals surface area contributed by atoms with E-state index in [0.29, 0.717) is 4.90 Å². The Bertz CT molecular complexity index is 513. The van der Waals surface area contributed by atoms with Gasteiger partial charge in [0.15, 0.2) is 0 Å². The van der Waals surface area contributed by atoms with Gasteiger partial charge >= 0.3 is 0 Å². The summed E-state index contributed by atoms with van der Waals surface area (Å²) >= 11 is 5.32. The maximum absolute atomic E-state index is 11.8. The van der Waals surface area contributed by atoms with Gasteiger partial charge in [0.2, 0.25) is 0 Å². The van der Waals surface area contributed by atoms with Crippen molar-refractivity contribution in [3.63, 3.8) is 0 Å². The molecule has 16 heavy (non-hydrogen) atoms. The maximum atomic E-state index is 11.8. The summed E-state index contributed by atoms with van der Waals surface area (Å²) < 4.78 is 0. The zero-order valence-electron chi connectivity index (χ0n) is 8.07. The van der Waals surface area contributed by atoms with E-state index in [1.54, 1.807) is 6.07 Å². The van der Waals surface area contributed by atoms with Crippen LogP contribution in [0.3, 0.4) is 0 Å². The number of carbonyl (C=O) groups is 3. The monoisotopic (exact) mass is 238 g/mol. The summed E-state index contributed by atoms with van der Waals surface area (Å²) in [5.74, 6) is -2.54. The van der Waals surface area contributed by atoms with Gasteiger partial charge in [0.1, 0.15) is 5.88 Å². The number of rotatable bonds is 1. The van der Waals surface area contributed by atoms with E-state index in [1.165, 1.54) is 12.1 Å². The first-order valence-electron chi connectivity index (χ1n) is 4.44. The van der Waals surface area contributed by atoms with Crippen LogP contribution < -0.4 is 5.73 Å². The minimum absolute atomic E-state index is 0.0750. The number of hydrogen-bond donors (Lipinski definition) is 1. The van der Waals surface area contributed by atoms with Crippen molar-refractivity contribution in [2.75, 3.05) is 11.6 Å². The third-order valence-electron chi connectivity index (χ3n) is 2.31. The highest BCUT2D eigenvalue weighted by atomic mass is 35.5. The Kier molecular flexibility index (Phi) is 2.40. The zero-order chi connectivity index (χ0) is 11.9. The Morgan fingerprint density at radius 3 is 2.56 bits per heavy atom. The highest BCUT2D eigenvalue weighted by Gasteiger charge is 2.40. The van der Waals surface area contributed by atoms with E-state index in [2.05, 4.69) is 0 Å².